The SMILES string of the molecule is CCc1cc(S(=O)(=O)CC)c(C(F)(F)F)cc1C(=O)Cl.CCc1cc(S(=O)(=O)CC)c(C(F)(F)F)cc1C(=O)N=C(N)N. The molecule has 18 heteroatoms. The van der Waals surface area contributed by atoms with E-state index in [1.807, 2.05) is 0 Å². The van der Waals surface area contributed by atoms with Gasteiger partial charge in [0.15, 0.2) is 25.6 Å². The summed E-state index contributed by atoms with van der Waals surface area (Å²) in [6.45, 7) is 5.65. The van der Waals surface area contributed by atoms with Gasteiger partial charge < -0.3 is 11.5 Å². The van der Waals surface area contributed by atoms with Gasteiger partial charge in [-0.05, 0) is 59.8 Å². The highest BCUT2D eigenvalue weighted by Gasteiger charge is 2.39. The average Bonchev–Trinajstić information content (AvgIpc) is 2.90. The Morgan fingerprint density at radius 3 is 1.35 bits per heavy atom. The fourth-order valence-electron chi connectivity index (χ4n) is 3.66. The number of hydrogen-bond acceptors (Lipinski definition) is 6. The van der Waals surface area contributed by atoms with Crippen molar-refractivity contribution in [2.45, 2.75) is 62.7 Å². The van der Waals surface area contributed by atoms with Crippen LogP contribution >= 0.6 is 11.6 Å². The molecule has 0 aromatic heterocycles. The first kappa shape index (κ1) is 37.8. The molecule has 9 nitrogen and oxygen atoms in total. The van der Waals surface area contributed by atoms with Gasteiger partial charge in [-0.1, -0.05) is 27.7 Å². The minimum absolute atomic E-state index is 0.111. The van der Waals surface area contributed by atoms with E-state index in [9.17, 15) is 52.8 Å². The lowest BCUT2D eigenvalue weighted by atomic mass is 10.0. The second kappa shape index (κ2) is 14.1. The van der Waals surface area contributed by atoms with Gasteiger partial charge >= 0.3 is 12.4 Å². The second-order valence-corrected chi connectivity index (χ2v) is 13.5. The van der Waals surface area contributed by atoms with E-state index >= 15 is 0 Å². The number of hydrogen-bond donors (Lipinski definition) is 2. The first-order chi connectivity index (χ1) is 19.5. The van der Waals surface area contributed by atoms with Gasteiger partial charge in [-0.3, -0.25) is 9.59 Å². The van der Waals surface area contributed by atoms with Crippen molar-refractivity contribution in [1.29, 1.82) is 0 Å². The molecule has 2 aromatic rings. The number of aryl methyl sites for hydroxylation is 2. The molecule has 0 radical (unpaired) electrons. The van der Waals surface area contributed by atoms with Crippen molar-refractivity contribution >= 4 is 48.4 Å². The van der Waals surface area contributed by atoms with Crippen LogP contribution in [0.1, 0.15) is 70.7 Å². The van der Waals surface area contributed by atoms with E-state index in [0.29, 0.717) is 12.1 Å². The Morgan fingerprint density at radius 2 is 1.07 bits per heavy atom. The van der Waals surface area contributed by atoms with E-state index in [0.717, 1.165) is 12.1 Å². The first-order valence-corrected chi connectivity index (χ1v) is 15.9. The van der Waals surface area contributed by atoms with Crippen molar-refractivity contribution in [3.05, 3.63) is 57.6 Å². The largest absolute Gasteiger partial charge is 0.417 e. The van der Waals surface area contributed by atoms with E-state index in [4.69, 9.17) is 23.1 Å². The van der Waals surface area contributed by atoms with Crippen LogP contribution in [0.2, 0.25) is 0 Å². The number of carbonyl (C=O) groups excluding carboxylic acids is 2. The summed E-state index contributed by atoms with van der Waals surface area (Å²) in [6, 6.07) is 2.74. The summed E-state index contributed by atoms with van der Waals surface area (Å²) >= 11 is 5.25. The summed E-state index contributed by atoms with van der Waals surface area (Å²) in [7, 11) is -8.19. The van der Waals surface area contributed by atoms with Gasteiger partial charge in [0.1, 0.15) is 0 Å². The molecule has 0 bridgehead atoms. The van der Waals surface area contributed by atoms with Gasteiger partial charge in [0.05, 0.1) is 32.4 Å². The Hall–Kier alpha value is -3.18. The molecule has 0 atom stereocenters. The molecule has 0 spiro atoms. The van der Waals surface area contributed by atoms with Crippen molar-refractivity contribution in [3.63, 3.8) is 0 Å². The first-order valence-electron chi connectivity index (χ1n) is 12.3. The molecule has 4 N–H and O–H groups in total. The average molecular weight is 680 g/mol. The maximum absolute atomic E-state index is 13.2. The summed E-state index contributed by atoms with van der Waals surface area (Å²) in [5.74, 6) is -2.63. The Balaban J connectivity index is 0.000000434. The maximum atomic E-state index is 13.2. The summed E-state index contributed by atoms with van der Waals surface area (Å²) < 4.78 is 126. The van der Waals surface area contributed by atoms with Gasteiger partial charge in [-0.2, -0.15) is 31.3 Å². The zero-order chi connectivity index (χ0) is 33.7. The fraction of sp³-hybridized carbons (Fsp3) is 0.400. The van der Waals surface area contributed by atoms with E-state index in [-0.39, 0.29) is 35.1 Å². The molecule has 0 saturated heterocycles. The molecule has 0 unspecified atom stereocenters. The van der Waals surface area contributed by atoms with Crippen molar-refractivity contribution in [3.8, 4) is 0 Å². The third-order valence-electron chi connectivity index (χ3n) is 5.89. The van der Waals surface area contributed by atoms with Crippen LogP contribution < -0.4 is 11.5 Å². The number of halogens is 7. The Kier molecular flexibility index (Phi) is 12.4. The Morgan fingerprint density at radius 1 is 0.721 bits per heavy atom. The maximum Gasteiger partial charge on any atom is 0.417 e. The molecule has 0 heterocycles. The Bertz CT molecular complexity index is 1630. The Labute approximate surface area is 249 Å². The molecule has 240 valence electrons. The number of carbonyl (C=O) groups is 2. The fourth-order valence-corrected chi connectivity index (χ4v) is 6.12. The molecular weight excluding hydrogens is 652 g/mol. The number of sulfone groups is 2. The lowest BCUT2D eigenvalue weighted by Crippen LogP contribution is -2.25. The number of rotatable bonds is 8. The van der Waals surface area contributed by atoms with E-state index in [2.05, 4.69) is 4.99 Å². The van der Waals surface area contributed by atoms with Crippen LogP contribution in [0, 0.1) is 0 Å². The third-order valence-corrected chi connectivity index (χ3v) is 9.63. The molecule has 0 fully saturated rings. The number of nitrogens with two attached hydrogens (primary N) is 2. The highest BCUT2D eigenvalue weighted by molar-refractivity contribution is 7.91. The molecule has 0 aliphatic carbocycles. The lowest BCUT2D eigenvalue weighted by molar-refractivity contribution is -0.140. The van der Waals surface area contributed by atoms with Crippen LogP contribution in [0.5, 0.6) is 0 Å². The van der Waals surface area contributed by atoms with Crippen LogP contribution in [-0.4, -0.2) is 45.5 Å². The summed E-state index contributed by atoms with van der Waals surface area (Å²) in [5, 5.41) is -1.05. The highest BCUT2D eigenvalue weighted by Crippen LogP contribution is 2.38. The van der Waals surface area contributed by atoms with Gasteiger partial charge in [-0.25, -0.2) is 16.8 Å². The van der Waals surface area contributed by atoms with E-state index in [1.165, 1.54) is 13.8 Å². The highest BCUT2D eigenvalue weighted by atomic mass is 35.5. The predicted octanol–water partition coefficient (Wildman–Crippen LogP) is 4.92. The lowest BCUT2D eigenvalue weighted by Gasteiger charge is -2.16. The normalized spacial score (nSPS) is 12.3. The zero-order valence-electron chi connectivity index (χ0n) is 23.2. The molecule has 1 amide bonds. The smallest absolute Gasteiger partial charge is 0.370 e. The third kappa shape index (κ3) is 9.40. The molecule has 2 rings (SSSR count). The van der Waals surface area contributed by atoms with Crippen LogP contribution in [-0.2, 0) is 44.9 Å². The predicted molar refractivity (Wildman–Crippen MR) is 147 cm³/mol. The number of nitrogens with zero attached hydrogens (tertiary/aromatic N) is 1. The van der Waals surface area contributed by atoms with Crippen LogP contribution in [0.3, 0.4) is 0 Å². The minimum Gasteiger partial charge on any atom is -0.370 e. The standard InChI is InChI=1S/C13H16F3N3O3S.C12H12ClF3O3S/c1-3-7-5-10(23(21,22)4-2)9(13(14,15)16)6-8(7)11(20)19-12(17)18;1-3-7-5-10(20(18,19)4-2)9(12(14,15)16)6-8(7)11(13)17/h5-6H,3-4H2,1-2H3,(H4,17,18,19,20);5-6H,3-4H2,1-2H3. The van der Waals surface area contributed by atoms with Gasteiger partial charge in [0, 0.05) is 11.1 Å². The summed E-state index contributed by atoms with van der Waals surface area (Å²) in [4.78, 5) is 24.6. The summed E-state index contributed by atoms with van der Waals surface area (Å²) in [6.07, 6.45) is -9.51. The number of guanidine groups is 1. The number of aliphatic imine (C=N–C) groups is 1. The van der Waals surface area contributed by atoms with E-state index < -0.39 is 81.6 Å². The molecule has 0 aliphatic rings. The van der Waals surface area contributed by atoms with E-state index in [1.54, 1.807) is 13.8 Å². The van der Waals surface area contributed by atoms with Crippen LogP contribution in [0.25, 0.3) is 0 Å². The van der Waals surface area contributed by atoms with Crippen molar-refractivity contribution in [2.24, 2.45) is 16.5 Å². The quantitative estimate of drug-likeness (QED) is 0.172. The number of alkyl halides is 6. The van der Waals surface area contributed by atoms with Crippen LogP contribution in [0.15, 0.2) is 39.0 Å². The van der Waals surface area contributed by atoms with Gasteiger partial charge in [0.25, 0.3) is 11.1 Å². The minimum atomic E-state index is -4.95. The molecule has 0 aliphatic heterocycles. The van der Waals surface area contributed by atoms with Crippen molar-refractivity contribution < 1.29 is 52.8 Å². The monoisotopic (exact) mass is 679 g/mol. The topological polar surface area (TPSA) is 167 Å². The second-order valence-electron chi connectivity index (χ2n) is 8.64. The zero-order valence-corrected chi connectivity index (χ0v) is 25.5. The van der Waals surface area contributed by atoms with Crippen LogP contribution in [0.4, 0.5) is 26.3 Å². The van der Waals surface area contributed by atoms with Gasteiger partial charge in [-0.15, -0.1) is 0 Å². The molecular formula is C25H28ClF6N3O6S2. The van der Waals surface area contributed by atoms with Crippen molar-refractivity contribution in [1.82, 2.24) is 0 Å². The number of benzene rings is 2. The molecule has 2 aromatic carbocycles. The molecule has 0 saturated carbocycles. The summed E-state index contributed by atoms with van der Waals surface area (Å²) in [5.41, 5.74) is 6.91. The van der Waals surface area contributed by atoms with Crippen molar-refractivity contribution in [2.75, 3.05) is 11.5 Å². The molecule has 43 heavy (non-hydrogen) atoms. The number of amides is 1. The van der Waals surface area contributed by atoms with Gasteiger partial charge in [0.2, 0.25) is 0 Å².